The lowest BCUT2D eigenvalue weighted by Gasteiger charge is -2.33. The van der Waals surface area contributed by atoms with Crippen LogP contribution >= 0.6 is 23.2 Å². The molecular formula is C12H17Cl2NO. The molecule has 1 rings (SSSR count). The van der Waals surface area contributed by atoms with Gasteiger partial charge in [-0.1, -0.05) is 36.2 Å². The molecule has 0 radical (unpaired) electrons. The average molecular weight is 262 g/mol. The Labute approximate surface area is 107 Å². The van der Waals surface area contributed by atoms with Crippen LogP contribution in [0, 0.1) is 0 Å². The van der Waals surface area contributed by atoms with Gasteiger partial charge in [0.05, 0.1) is 21.7 Å². The van der Waals surface area contributed by atoms with E-state index in [9.17, 15) is 0 Å². The van der Waals surface area contributed by atoms with E-state index >= 15 is 0 Å². The number of rotatable bonds is 4. The third-order valence-electron chi connectivity index (χ3n) is 3.13. The number of nitrogens with two attached hydrogens (primary N) is 1. The van der Waals surface area contributed by atoms with Crippen LogP contribution in [-0.4, -0.2) is 12.7 Å². The van der Waals surface area contributed by atoms with E-state index in [-0.39, 0.29) is 6.04 Å². The molecule has 0 amide bonds. The largest absolute Gasteiger partial charge is 0.377 e. The molecule has 0 spiro atoms. The van der Waals surface area contributed by atoms with Gasteiger partial charge in [-0.3, -0.25) is 0 Å². The monoisotopic (exact) mass is 261 g/mol. The Kier molecular flexibility index (Phi) is 4.62. The molecule has 16 heavy (non-hydrogen) atoms. The number of hydrogen-bond acceptors (Lipinski definition) is 2. The van der Waals surface area contributed by atoms with Crippen molar-refractivity contribution in [3.63, 3.8) is 0 Å². The summed E-state index contributed by atoms with van der Waals surface area (Å²) >= 11 is 11.8. The zero-order valence-corrected chi connectivity index (χ0v) is 11.3. The van der Waals surface area contributed by atoms with Crippen molar-refractivity contribution in [2.24, 2.45) is 5.73 Å². The predicted octanol–water partition coefficient (Wildman–Crippen LogP) is 3.81. The van der Waals surface area contributed by atoms with Gasteiger partial charge in [-0.05, 0) is 31.0 Å². The summed E-state index contributed by atoms with van der Waals surface area (Å²) < 4.78 is 5.47. The minimum Gasteiger partial charge on any atom is -0.377 e. The fraction of sp³-hybridized carbons (Fsp3) is 0.500. The molecule has 0 fully saturated rings. The first-order chi connectivity index (χ1) is 7.44. The van der Waals surface area contributed by atoms with Gasteiger partial charge in [0.15, 0.2) is 0 Å². The second-order valence-electron chi connectivity index (χ2n) is 4.02. The van der Waals surface area contributed by atoms with Gasteiger partial charge in [0, 0.05) is 7.11 Å². The van der Waals surface area contributed by atoms with Gasteiger partial charge < -0.3 is 10.5 Å². The molecule has 2 N–H and O–H groups in total. The maximum Gasteiger partial charge on any atom is 0.0839 e. The molecule has 0 bridgehead atoms. The summed E-state index contributed by atoms with van der Waals surface area (Å²) in [4.78, 5) is 0. The molecule has 0 aromatic heterocycles. The summed E-state index contributed by atoms with van der Waals surface area (Å²) in [6.07, 6.45) is 0.824. The Morgan fingerprint density at radius 2 is 2.00 bits per heavy atom. The Morgan fingerprint density at radius 3 is 2.44 bits per heavy atom. The molecule has 1 aromatic carbocycles. The van der Waals surface area contributed by atoms with Crippen LogP contribution in [0.1, 0.15) is 31.9 Å². The van der Waals surface area contributed by atoms with E-state index in [0.29, 0.717) is 10.0 Å². The van der Waals surface area contributed by atoms with Gasteiger partial charge in [0.25, 0.3) is 0 Å². The van der Waals surface area contributed by atoms with Gasteiger partial charge in [-0.25, -0.2) is 0 Å². The smallest absolute Gasteiger partial charge is 0.0839 e. The topological polar surface area (TPSA) is 35.2 Å². The highest BCUT2D eigenvalue weighted by Gasteiger charge is 2.31. The van der Waals surface area contributed by atoms with Crippen LogP contribution in [0.3, 0.4) is 0 Å². The van der Waals surface area contributed by atoms with Crippen LogP contribution in [0.5, 0.6) is 0 Å². The van der Waals surface area contributed by atoms with Crippen molar-refractivity contribution in [3.05, 3.63) is 33.8 Å². The molecule has 0 aliphatic carbocycles. The Morgan fingerprint density at radius 1 is 1.38 bits per heavy atom. The zero-order chi connectivity index (χ0) is 12.3. The molecule has 0 aliphatic heterocycles. The van der Waals surface area contributed by atoms with Crippen LogP contribution in [0.2, 0.25) is 10.0 Å². The molecule has 1 aromatic rings. The van der Waals surface area contributed by atoms with Crippen molar-refractivity contribution < 1.29 is 4.74 Å². The summed E-state index contributed by atoms with van der Waals surface area (Å²) in [6.45, 7) is 4.03. The molecule has 2 nitrogen and oxygen atoms in total. The lowest BCUT2D eigenvalue weighted by molar-refractivity contribution is -0.0194. The lowest BCUT2D eigenvalue weighted by Crippen LogP contribution is -2.39. The van der Waals surface area contributed by atoms with Crippen LogP contribution < -0.4 is 5.73 Å². The third kappa shape index (κ3) is 2.69. The van der Waals surface area contributed by atoms with Crippen molar-refractivity contribution >= 4 is 23.2 Å². The fourth-order valence-electron chi connectivity index (χ4n) is 1.55. The molecule has 2 unspecified atom stereocenters. The van der Waals surface area contributed by atoms with E-state index in [0.717, 1.165) is 12.0 Å². The lowest BCUT2D eigenvalue weighted by atomic mass is 9.88. The van der Waals surface area contributed by atoms with Crippen LogP contribution in [0.15, 0.2) is 18.2 Å². The van der Waals surface area contributed by atoms with Crippen molar-refractivity contribution in [3.8, 4) is 0 Å². The maximum atomic E-state index is 6.19. The van der Waals surface area contributed by atoms with Crippen LogP contribution in [-0.2, 0) is 4.74 Å². The molecule has 0 saturated heterocycles. The number of ether oxygens (including phenoxy) is 1. The first kappa shape index (κ1) is 13.8. The summed E-state index contributed by atoms with van der Waals surface area (Å²) in [5.74, 6) is 0. The van der Waals surface area contributed by atoms with Gasteiger partial charge in [0.2, 0.25) is 0 Å². The van der Waals surface area contributed by atoms with Crippen LogP contribution in [0.25, 0.3) is 0 Å². The molecule has 90 valence electrons. The Hall–Kier alpha value is -0.280. The highest BCUT2D eigenvalue weighted by atomic mass is 35.5. The summed E-state index contributed by atoms with van der Waals surface area (Å²) in [5.41, 5.74) is 6.73. The SMILES string of the molecule is CCC(C)(OC)C(N)c1ccc(Cl)c(Cl)c1. The number of hydrogen-bond donors (Lipinski definition) is 1. The summed E-state index contributed by atoms with van der Waals surface area (Å²) in [7, 11) is 1.67. The standard InChI is InChI=1S/C12H17Cl2NO/c1-4-12(2,16-3)11(15)8-5-6-9(13)10(14)7-8/h5-7,11H,4,15H2,1-3H3. The van der Waals surface area contributed by atoms with Crippen molar-refractivity contribution in [1.82, 2.24) is 0 Å². The van der Waals surface area contributed by atoms with Gasteiger partial charge in [-0.15, -0.1) is 0 Å². The van der Waals surface area contributed by atoms with Gasteiger partial charge in [-0.2, -0.15) is 0 Å². The Balaban J connectivity index is 3.04. The highest BCUT2D eigenvalue weighted by Crippen LogP contribution is 2.32. The molecular weight excluding hydrogens is 245 g/mol. The van der Waals surface area contributed by atoms with Gasteiger partial charge >= 0.3 is 0 Å². The molecule has 4 heteroatoms. The van der Waals surface area contributed by atoms with Crippen molar-refractivity contribution in [2.75, 3.05) is 7.11 Å². The van der Waals surface area contributed by atoms with E-state index in [4.69, 9.17) is 33.7 Å². The number of halogens is 2. The molecule has 2 atom stereocenters. The maximum absolute atomic E-state index is 6.19. The van der Waals surface area contributed by atoms with E-state index < -0.39 is 5.60 Å². The zero-order valence-electron chi connectivity index (χ0n) is 9.76. The fourth-order valence-corrected chi connectivity index (χ4v) is 1.86. The Bertz CT molecular complexity index is 364. The molecule has 0 aliphatic rings. The second-order valence-corrected chi connectivity index (χ2v) is 4.84. The normalized spacial score (nSPS) is 16.9. The minimum absolute atomic E-state index is 0.225. The van der Waals surface area contributed by atoms with E-state index in [1.54, 1.807) is 19.2 Å². The number of methoxy groups -OCH3 is 1. The first-order valence-corrected chi connectivity index (χ1v) is 5.96. The summed E-state index contributed by atoms with van der Waals surface area (Å²) in [6, 6.07) is 5.20. The van der Waals surface area contributed by atoms with E-state index in [1.807, 2.05) is 19.9 Å². The minimum atomic E-state index is -0.392. The van der Waals surface area contributed by atoms with Gasteiger partial charge in [0.1, 0.15) is 0 Å². The highest BCUT2D eigenvalue weighted by molar-refractivity contribution is 6.42. The average Bonchev–Trinajstić information content (AvgIpc) is 2.30. The van der Waals surface area contributed by atoms with Crippen molar-refractivity contribution in [1.29, 1.82) is 0 Å². The second kappa shape index (κ2) is 5.37. The van der Waals surface area contributed by atoms with Crippen LogP contribution in [0.4, 0.5) is 0 Å². The predicted molar refractivity (Wildman–Crippen MR) is 69.1 cm³/mol. The first-order valence-electron chi connectivity index (χ1n) is 5.20. The van der Waals surface area contributed by atoms with Crippen molar-refractivity contribution in [2.45, 2.75) is 31.9 Å². The summed E-state index contributed by atoms with van der Waals surface area (Å²) in [5, 5.41) is 1.05. The molecule has 0 saturated carbocycles. The molecule has 0 heterocycles. The van der Waals surface area contributed by atoms with E-state index in [1.165, 1.54) is 0 Å². The quantitative estimate of drug-likeness (QED) is 0.895. The van der Waals surface area contributed by atoms with E-state index in [2.05, 4.69) is 0 Å². The number of benzene rings is 1. The third-order valence-corrected chi connectivity index (χ3v) is 3.87.